The first-order chi connectivity index (χ1) is 17.2. The quantitative estimate of drug-likeness (QED) is 0.519. The Morgan fingerprint density at radius 1 is 0.861 bits per heavy atom. The maximum atomic E-state index is 12.4. The summed E-state index contributed by atoms with van der Waals surface area (Å²) in [5, 5.41) is 6.59. The number of halogens is 5. The number of amides is 1. The fourth-order valence-corrected chi connectivity index (χ4v) is 5.43. The first-order valence-corrected chi connectivity index (χ1v) is 13.0. The third-order valence-electron chi connectivity index (χ3n) is 6.79. The van der Waals surface area contributed by atoms with Crippen LogP contribution in [0.4, 0.5) is 13.2 Å². The molecule has 5 nitrogen and oxygen atoms in total. The molecule has 2 N–H and O–H groups in total. The van der Waals surface area contributed by atoms with Crippen molar-refractivity contribution < 1.29 is 18.0 Å². The van der Waals surface area contributed by atoms with Crippen LogP contribution in [0, 0.1) is 5.92 Å². The highest BCUT2D eigenvalue weighted by Crippen LogP contribution is 2.30. The molecule has 2 aromatic rings. The molecule has 196 valence electrons. The summed E-state index contributed by atoms with van der Waals surface area (Å²) >= 11 is 12.6. The second kappa shape index (κ2) is 12.1. The van der Waals surface area contributed by atoms with Crippen LogP contribution in [0.2, 0.25) is 10.0 Å². The van der Waals surface area contributed by atoms with Gasteiger partial charge in [0.1, 0.15) is 0 Å². The van der Waals surface area contributed by atoms with E-state index >= 15 is 0 Å². The highest BCUT2D eigenvalue weighted by atomic mass is 35.5. The van der Waals surface area contributed by atoms with Crippen LogP contribution >= 0.6 is 23.2 Å². The Bertz CT molecular complexity index is 1030. The third-order valence-corrected chi connectivity index (χ3v) is 7.22. The van der Waals surface area contributed by atoms with Crippen molar-refractivity contribution >= 4 is 29.1 Å². The Balaban J connectivity index is 1.44. The zero-order valence-electron chi connectivity index (χ0n) is 20.0. The van der Waals surface area contributed by atoms with E-state index < -0.39 is 12.1 Å². The van der Waals surface area contributed by atoms with Crippen LogP contribution in [-0.2, 0) is 17.9 Å². The molecule has 2 aliphatic heterocycles. The number of carbonyl (C=O) groups is 1. The number of hydrogen-bond acceptors (Lipinski definition) is 4. The average Bonchev–Trinajstić information content (AvgIpc) is 2.83. The van der Waals surface area contributed by atoms with Gasteiger partial charge in [0.15, 0.2) is 0 Å². The lowest BCUT2D eigenvalue weighted by Crippen LogP contribution is -2.43. The van der Waals surface area contributed by atoms with Crippen molar-refractivity contribution in [2.75, 3.05) is 45.8 Å². The fraction of sp³-hybridized carbons (Fsp3) is 0.500. The fourth-order valence-electron chi connectivity index (χ4n) is 4.90. The Morgan fingerprint density at radius 2 is 1.39 bits per heavy atom. The van der Waals surface area contributed by atoms with Gasteiger partial charge in [-0.3, -0.25) is 14.6 Å². The van der Waals surface area contributed by atoms with Gasteiger partial charge in [-0.2, -0.15) is 13.2 Å². The summed E-state index contributed by atoms with van der Waals surface area (Å²) in [6.07, 6.45) is -3.34. The van der Waals surface area contributed by atoms with Gasteiger partial charge in [0, 0.05) is 55.9 Å². The van der Waals surface area contributed by atoms with Crippen LogP contribution in [0.15, 0.2) is 36.4 Å². The molecule has 2 saturated heterocycles. The molecule has 0 aromatic heterocycles. The largest absolute Gasteiger partial charge is 0.471 e. The van der Waals surface area contributed by atoms with Gasteiger partial charge >= 0.3 is 12.1 Å². The van der Waals surface area contributed by atoms with Crippen LogP contribution in [0.5, 0.6) is 0 Å². The Hall–Kier alpha value is -1.84. The van der Waals surface area contributed by atoms with Gasteiger partial charge in [-0.25, -0.2) is 0 Å². The van der Waals surface area contributed by atoms with Crippen molar-refractivity contribution in [2.24, 2.45) is 5.92 Å². The predicted octanol–water partition coefficient (Wildman–Crippen LogP) is 4.96. The minimum absolute atomic E-state index is 0.0516. The van der Waals surface area contributed by atoms with E-state index in [4.69, 9.17) is 23.2 Å². The normalized spacial score (nSPS) is 18.4. The first kappa shape index (κ1) is 27.2. The van der Waals surface area contributed by atoms with Crippen LogP contribution in [-0.4, -0.2) is 67.7 Å². The molecule has 2 aliphatic rings. The molecule has 0 spiro atoms. The number of hydrogen-bond donors (Lipinski definition) is 2. The standard InChI is InChI=1S/C26H31Cl2F3N4O/c27-23-12-22(13-24(28)14-23)21-10-19(9-20(11-21)17-35-7-3-32-4-8-35)16-34-5-1-18(2-6-34)15-33-25(36)26(29,30)31/h9-14,18,32H,1-8,15-17H2,(H,33,36). The zero-order valence-corrected chi connectivity index (χ0v) is 21.5. The summed E-state index contributed by atoms with van der Waals surface area (Å²) < 4.78 is 37.3. The Kier molecular flexibility index (Phi) is 9.17. The number of nitrogens with zero attached hydrogens (tertiary/aromatic N) is 2. The summed E-state index contributed by atoms with van der Waals surface area (Å²) in [5.41, 5.74) is 4.43. The second-order valence-corrected chi connectivity index (χ2v) is 10.5. The predicted molar refractivity (Wildman–Crippen MR) is 137 cm³/mol. The topological polar surface area (TPSA) is 47.6 Å². The van der Waals surface area contributed by atoms with E-state index in [1.54, 1.807) is 6.07 Å². The maximum absolute atomic E-state index is 12.4. The lowest BCUT2D eigenvalue weighted by atomic mass is 9.95. The van der Waals surface area contributed by atoms with E-state index in [-0.39, 0.29) is 12.5 Å². The van der Waals surface area contributed by atoms with E-state index in [1.807, 2.05) is 17.4 Å². The van der Waals surface area contributed by atoms with Gasteiger partial charge in [-0.05, 0) is 84.4 Å². The van der Waals surface area contributed by atoms with Crippen LogP contribution in [0.25, 0.3) is 11.1 Å². The van der Waals surface area contributed by atoms with Crippen LogP contribution < -0.4 is 10.6 Å². The van der Waals surface area contributed by atoms with Gasteiger partial charge in [-0.15, -0.1) is 0 Å². The minimum atomic E-state index is -4.83. The van der Waals surface area contributed by atoms with E-state index in [2.05, 4.69) is 33.3 Å². The van der Waals surface area contributed by atoms with Gasteiger partial charge in [0.25, 0.3) is 0 Å². The first-order valence-electron chi connectivity index (χ1n) is 12.3. The van der Waals surface area contributed by atoms with Crippen molar-refractivity contribution in [3.05, 3.63) is 57.6 Å². The van der Waals surface area contributed by atoms with Gasteiger partial charge in [0.05, 0.1) is 0 Å². The second-order valence-electron chi connectivity index (χ2n) is 9.65. The molecule has 10 heteroatoms. The van der Waals surface area contributed by atoms with Crippen LogP contribution in [0.1, 0.15) is 24.0 Å². The molecule has 0 aliphatic carbocycles. The van der Waals surface area contributed by atoms with Crippen LogP contribution in [0.3, 0.4) is 0 Å². The van der Waals surface area contributed by atoms with E-state index in [0.717, 1.165) is 76.3 Å². The molecule has 2 heterocycles. The third kappa shape index (κ3) is 7.83. The average molecular weight is 543 g/mol. The molecule has 1 amide bonds. The van der Waals surface area contributed by atoms with Crippen molar-refractivity contribution in [3.8, 4) is 11.1 Å². The molecule has 0 radical (unpaired) electrons. The lowest BCUT2D eigenvalue weighted by Gasteiger charge is -2.32. The summed E-state index contributed by atoms with van der Waals surface area (Å²) in [7, 11) is 0. The highest BCUT2D eigenvalue weighted by Gasteiger charge is 2.38. The Morgan fingerprint density at radius 3 is 1.94 bits per heavy atom. The molecule has 0 atom stereocenters. The number of alkyl halides is 3. The van der Waals surface area contributed by atoms with Crippen molar-refractivity contribution in [1.82, 2.24) is 20.4 Å². The van der Waals surface area contributed by atoms with E-state index in [9.17, 15) is 18.0 Å². The molecule has 0 bridgehead atoms. The minimum Gasteiger partial charge on any atom is -0.348 e. The molecule has 0 unspecified atom stereocenters. The summed E-state index contributed by atoms with van der Waals surface area (Å²) in [5.74, 6) is -1.81. The van der Waals surface area contributed by atoms with Gasteiger partial charge in [0.2, 0.25) is 0 Å². The highest BCUT2D eigenvalue weighted by molar-refractivity contribution is 6.35. The Labute approximate surface area is 219 Å². The number of nitrogens with one attached hydrogen (secondary N) is 2. The number of piperazine rings is 1. The molecular weight excluding hydrogens is 512 g/mol. The van der Waals surface area contributed by atoms with Gasteiger partial charge in [-0.1, -0.05) is 29.3 Å². The smallest absolute Gasteiger partial charge is 0.348 e. The number of rotatable bonds is 7. The number of carbonyl (C=O) groups excluding carboxylic acids is 1. The molecule has 2 aromatic carbocycles. The molecule has 4 rings (SSSR count). The summed E-state index contributed by atoms with van der Waals surface area (Å²) in [6.45, 7) is 7.17. The van der Waals surface area contributed by atoms with E-state index in [1.165, 1.54) is 11.1 Å². The summed E-state index contributed by atoms with van der Waals surface area (Å²) in [4.78, 5) is 15.9. The summed E-state index contributed by atoms with van der Waals surface area (Å²) in [6, 6.07) is 12.2. The van der Waals surface area contributed by atoms with Crippen molar-refractivity contribution in [2.45, 2.75) is 32.1 Å². The molecule has 2 fully saturated rings. The van der Waals surface area contributed by atoms with Crippen molar-refractivity contribution in [1.29, 1.82) is 0 Å². The monoisotopic (exact) mass is 542 g/mol. The number of piperidine rings is 1. The van der Waals surface area contributed by atoms with E-state index in [0.29, 0.717) is 10.0 Å². The van der Waals surface area contributed by atoms with Gasteiger partial charge < -0.3 is 10.6 Å². The zero-order chi connectivity index (χ0) is 25.7. The molecular formula is C26H31Cl2F3N4O. The number of likely N-dealkylation sites (tertiary alicyclic amines) is 1. The molecule has 0 saturated carbocycles. The SMILES string of the molecule is O=C(NCC1CCN(Cc2cc(CN3CCNCC3)cc(-c3cc(Cl)cc(Cl)c3)c2)CC1)C(F)(F)F. The number of benzene rings is 2. The lowest BCUT2D eigenvalue weighted by molar-refractivity contribution is -0.173. The molecule has 36 heavy (non-hydrogen) atoms. The maximum Gasteiger partial charge on any atom is 0.471 e. The van der Waals surface area contributed by atoms with Crippen molar-refractivity contribution in [3.63, 3.8) is 0 Å².